The van der Waals surface area contributed by atoms with Crippen LogP contribution in [0.15, 0.2) is 176 Å². The van der Waals surface area contributed by atoms with Crippen LogP contribution >= 0.6 is 0 Å². The van der Waals surface area contributed by atoms with Crippen molar-refractivity contribution in [1.29, 1.82) is 0 Å². The lowest BCUT2D eigenvalue weighted by atomic mass is 9.81. The van der Waals surface area contributed by atoms with Crippen LogP contribution in [0.4, 0.5) is 0 Å². The molecule has 0 spiro atoms. The number of nitrogens with zero attached hydrogens (tertiary/aromatic N) is 3. The zero-order valence-electron chi connectivity index (χ0n) is 29.6. The van der Waals surface area contributed by atoms with Gasteiger partial charge < -0.3 is 0 Å². The number of rotatable bonds is 5. The molecular formula is C50H35N3. The molecule has 3 nitrogen and oxygen atoms in total. The van der Waals surface area contributed by atoms with Crippen LogP contribution in [0.2, 0.25) is 0 Å². The second-order valence-corrected chi connectivity index (χ2v) is 14.5. The van der Waals surface area contributed by atoms with Gasteiger partial charge in [-0.15, -0.1) is 0 Å². The fourth-order valence-electron chi connectivity index (χ4n) is 8.10. The third-order valence-corrected chi connectivity index (χ3v) is 11.0. The first-order valence-corrected chi connectivity index (χ1v) is 18.2. The molecule has 0 radical (unpaired) electrons. The number of pyridine rings is 1. The number of fused-ring (bicyclic) bond motifs is 6. The molecule has 0 atom stereocenters. The highest BCUT2D eigenvalue weighted by molar-refractivity contribution is 6.10. The van der Waals surface area contributed by atoms with Crippen LogP contribution in [0.5, 0.6) is 0 Å². The van der Waals surface area contributed by atoms with Gasteiger partial charge in [0.15, 0.2) is 5.82 Å². The summed E-state index contributed by atoms with van der Waals surface area (Å²) in [6.07, 6.45) is 3.70. The summed E-state index contributed by atoms with van der Waals surface area (Å²) in [5, 5.41) is 4.99. The summed E-state index contributed by atoms with van der Waals surface area (Å²) in [4.78, 5) is 14.5. The van der Waals surface area contributed by atoms with Crippen molar-refractivity contribution in [2.45, 2.75) is 19.3 Å². The summed E-state index contributed by atoms with van der Waals surface area (Å²) in [6.45, 7) is 4.68. The van der Waals surface area contributed by atoms with Gasteiger partial charge >= 0.3 is 0 Å². The lowest BCUT2D eigenvalue weighted by Crippen LogP contribution is -2.14. The molecule has 0 unspecified atom stereocenters. The van der Waals surface area contributed by atoms with E-state index < -0.39 is 0 Å². The van der Waals surface area contributed by atoms with Gasteiger partial charge in [-0.05, 0) is 96.4 Å². The number of aromatic nitrogens is 3. The quantitative estimate of drug-likeness (QED) is 0.170. The van der Waals surface area contributed by atoms with Crippen molar-refractivity contribution < 1.29 is 0 Å². The van der Waals surface area contributed by atoms with Gasteiger partial charge in [0.25, 0.3) is 0 Å². The van der Waals surface area contributed by atoms with Gasteiger partial charge in [0.2, 0.25) is 0 Å². The first-order valence-electron chi connectivity index (χ1n) is 18.2. The predicted molar refractivity (Wildman–Crippen MR) is 220 cm³/mol. The Bertz CT molecular complexity index is 2820. The van der Waals surface area contributed by atoms with E-state index in [1.807, 2.05) is 18.3 Å². The lowest BCUT2D eigenvalue weighted by molar-refractivity contribution is 0.661. The predicted octanol–water partition coefficient (Wildman–Crippen LogP) is 12.8. The van der Waals surface area contributed by atoms with E-state index in [9.17, 15) is 0 Å². The van der Waals surface area contributed by atoms with Crippen molar-refractivity contribution in [2.24, 2.45) is 0 Å². The standard InChI is InChI=1S/C50H35N3/c1-50(2)45-13-7-6-12-42(45)44-29-43-38(28-46(44)50)23-22-37-27-39(24-25-41(37)43)48-30-47(35-9-4-3-5-10-35)52-49(53-48)36-20-18-33(19-21-36)32-14-16-34(17-15-32)40-11-8-26-51-31-40/h3-31H,1-2H3. The zero-order valence-corrected chi connectivity index (χ0v) is 29.6. The molecule has 0 aliphatic heterocycles. The SMILES string of the molecule is CC1(C)c2ccccc2-c2cc3c(ccc4cc(-c5cc(-c6ccccc6)nc(-c6ccc(-c7ccc(-c8cccnc8)cc7)cc6)n5)ccc43)cc21. The van der Waals surface area contributed by atoms with E-state index in [0.717, 1.165) is 50.3 Å². The Morgan fingerprint density at radius 1 is 0.396 bits per heavy atom. The van der Waals surface area contributed by atoms with Crippen molar-refractivity contribution in [3.05, 3.63) is 187 Å². The van der Waals surface area contributed by atoms with E-state index in [0.29, 0.717) is 5.82 Å². The molecule has 3 heteroatoms. The van der Waals surface area contributed by atoms with Crippen molar-refractivity contribution in [3.63, 3.8) is 0 Å². The van der Waals surface area contributed by atoms with Crippen LogP contribution in [0.1, 0.15) is 25.0 Å². The summed E-state index contributed by atoms with van der Waals surface area (Å²) in [7, 11) is 0. The molecule has 0 saturated carbocycles. The van der Waals surface area contributed by atoms with Gasteiger partial charge in [-0.3, -0.25) is 4.98 Å². The topological polar surface area (TPSA) is 38.7 Å². The Morgan fingerprint density at radius 2 is 1.00 bits per heavy atom. The van der Waals surface area contributed by atoms with Gasteiger partial charge in [0.1, 0.15) is 0 Å². The summed E-state index contributed by atoms with van der Waals surface area (Å²) in [5.41, 5.74) is 14.9. The fourth-order valence-corrected chi connectivity index (χ4v) is 8.10. The second-order valence-electron chi connectivity index (χ2n) is 14.5. The molecule has 2 aromatic heterocycles. The number of hydrogen-bond acceptors (Lipinski definition) is 3. The Labute approximate surface area is 309 Å². The van der Waals surface area contributed by atoms with Gasteiger partial charge in [-0.2, -0.15) is 0 Å². The average Bonchev–Trinajstić information content (AvgIpc) is 3.45. The Balaban J connectivity index is 1.04. The summed E-state index contributed by atoms with van der Waals surface area (Å²) in [6, 6.07) is 58.7. The second kappa shape index (κ2) is 12.2. The Kier molecular flexibility index (Phi) is 7.16. The third-order valence-electron chi connectivity index (χ3n) is 11.0. The summed E-state index contributed by atoms with van der Waals surface area (Å²) in [5.74, 6) is 0.704. The third kappa shape index (κ3) is 5.32. The largest absolute Gasteiger partial charge is 0.264 e. The minimum absolute atomic E-state index is 0.0212. The highest BCUT2D eigenvalue weighted by atomic mass is 14.9. The van der Waals surface area contributed by atoms with Crippen LogP contribution in [-0.4, -0.2) is 15.0 Å². The highest BCUT2D eigenvalue weighted by Gasteiger charge is 2.35. The van der Waals surface area contributed by atoms with Crippen molar-refractivity contribution in [3.8, 4) is 67.3 Å². The maximum Gasteiger partial charge on any atom is 0.160 e. The smallest absolute Gasteiger partial charge is 0.160 e. The molecule has 0 saturated heterocycles. The molecule has 2 heterocycles. The van der Waals surface area contributed by atoms with E-state index in [-0.39, 0.29) is 5.41 Å². The Morgan fingerprint density at radius 3 is 1.72 bits per heavy atom. The maximum absolute atomic E-state index is 5.19. The van der Waals surface area contributed by atoms with Crippen molar-refractivity contribution in [1.82, 2.24) is 15.0 Å². The summed E-state index contributed by atoms with van der Waals surface area (Å²) < 4.78 is 0. The molecule has 0 fully saturated rings. The van der Waals surface area contributed by atoms with E-state index in [1.54, 1.807) is 6.20 Å². The van der Waals surface area contributed by atoms with Crippen molar-refractivity contribution >= 4 is 21.5 Å². The molecule has 53 heavy (non-hydrogen) atoms. The molecule has 0 bridgehead atoms. The van der Waals surface area contributed by atoms with E-state index in [4.69, 9.17) is 9.97 Å². The molecule has 1 aliphatic carbocycles. The molecular weight excluding hydrogens is 643 g/mol. The van der Waals surface area contributed by atoms with Crippen LogP contribution in [0.25, 0.3) is 88.8 Å². The van der Waals surface area contributed by atoms with Gasteiger partial charge in [-0.25, -0.2) is 9.97 Å². The number of hydrogen-bond donors (Lipinski definition) is 0. The van der Waals surface area contributed by atoms with E-state index in [1.165, 1.54) is 43.8 Å². The van der Waals surface area contributed by atoms with Gasteiger partial charge in [0, 0.05) is 34.5 Å². The minimum Gasteiger partial charge on any atom is -0.264 e. The maximum atomic E-state index is 5.19. The average molecular weight is 678 g/mol. The molecule has 10 rings (SSSR count). The van der Waals surface area contributed by atoms with Crippen molar-refractivity contribution in [2.75, 3.05) is 0 Å². The van der Waals surface area contributed by atoms with Crippen LogP contribution < -0.4 is 0 Å². The fraction of sp³-hybridized carbons (Fsp3) is 0.0600. The minimum atomic E-state index is -0.0212. The summed E-state index contributed by atoms with van der Waals surface area (Å²) >= 11 is 0. The zero-order chi connectivity index (χ0) is 35.5. The molecule has 0 amide bonds. The molecule has 0 N–H and O–H groups in total. The van der Waals surface area contributed by atoms with Crippen LogP contribution in [0.3, 0.4) is 0 Å². The van der Waals surface area contributed by atoms with Gasteiger partial charge in [0.05, 0.1) is 11.4 Å². The Hall–Kier alpha value is -6.71. The lowest BCUT2D eigenvalue weighted by Gasteiger charge is -2.21. The first-order chi connectivity index (χ1) is 26.0. The van der Waals surface area contributed by atoms with Crippen LogP contribution in [0, 0.1) is 0 Å². The van der Waals surface area contributed by atoms with E-state index in [2.05, 4.69) is 170 Å². The monoisotopic (exact) mass is 677 g/mol. The molecule has 9 aromatic rings. The normalized spacial score (nSPS) is 12.9. The van der Waals surface area contributed by atoms with E-state index >= 15 is 0 Å². The molecule has 7 aromatic carbocycles. The first kappa shape index (κ1) is 31.1. The van der Waals surface area contributed by atoms with Crippen LogP contribution in [-0.2, 0) is 5.41 Å². The molecule has 250 valence electrons. The highest BCUT2D eigenvalue weighted by Crippen LogP contribution is 2.50. The van der Waals surface area contributed by atoms with Gasteiger partial charge in [-0.1, -0.05) is 147 Å². The molecule has 1 aliphatic rings. The number of benzene rings is 7.